The number of benzene rings is 1. The molecular formula is C11H11FOS. The first-order valence-electron chi connectivity index (χ1n) is 4.56. The average Bonchev–Trinajstić information content (AvgIpc) is 2.64. The Hall–Kier alpha value is -0.930. The SMILES string of the molecule is CCc1c(F)c(CO)cc2sccc12. The molecule has 0 fully saturated rings. The van der Waals surface area contributed by atoms with Crippen LogP contribution < -0.4 is 0 Å². The van der Waals surface area contributed by atoms with Crippen LogP contribution >= 0.6 is 11.3 Å². The molecule has 0 saturated carbocycles. The van der Waals surface area contributed by atoms with Crippen LogP contribution in [0.4, 0.5) is 4.39 Å². The zero-order valence-electron chi connectivity index (χ0n) is 7.88. The fourth-order valence-corrected chi connectivity index (χ4v) is 2.56. The molecule has 1 nitrogen and oxygen atoms in total. The number of hydrogen-bond donors (Lipinski definition) is 1. The lowest BCUT2D eigenvalue weighted by atomic mass is 10.0. The van der Waals surface area contributed by atoms with Gasteiger partial charge in [0.15, 0.2) is 0 Å². The Bertz CT molecular complexity index is 462. The molecule has 0 aliphatic carbocycles. The number of thiophene rings is 1. The molecule has 0 bridgehead atoms. The van der Waals surface area contributed by atoms with E-state index in [4.69, 9.17) is 5.11 Å². The number of hydrogen-bond acceptors (Lipinski definition) is 2. The first kappa shape index (κ1) is 9.62. The van der Waals surface area contributed by atoms with Crippen LogP contribution in [0.3, 0.4) is 0 Å². The van der Waals surface area contributed by atoms with Crippen molar-refractivity contribution in [3.05, 3.63) is 34.5 Å². The van der Waals surface area contributed by atoms with E-state index >= 15 is 0 Å². The zero-order chi connectivity index (χ0) is 10.1. The molecule has 2 rings (SSSR count). The van der Waals surface area contributed by atoms with Crippen LogP contribution in [0, 0.1) is 5.82 Å². The van der Waals surface area contributed by atoms with Crippen molar-refractivity contribution < 1.29 is 9.50 Å². The van der Waals surface area contributed by atoms with Gasteiger partial charge < -0.3 is 5.11 Å². The summed E-state index contributed by atoms with van der Waals surface area (Å²) in [6, 6.07) is 3.66. The molecule has 0 aliphatic heterocycles. The second kappa shape index (κ2) is 3.67. The van der Waals surface area contributed by atoms with Gasteiger partial charge in [0.2, 0.25) is 0 Å². The summed E-state index contributed by atoms with van der Waals surface area (Å²) in [6.07, 6.45) is 0.660. The number of aliphatic hydroxyl groups is 1. The highest BCUT2D eigenvalue weighted by atomic mass is 32.1. The fourth-order valence-electron chi connectivity index (χ4n) is 1.68. The van der Waals surface area contributed by atoms with Crippen molar-refractivity contribution in [3.8, 4) is 0 Å². The van der Waals surface area contributed by atoms with Gasteiger partial charge in [0.05, 0.1) is 6.61 Å². The first-order chi connectivity index (χ1) is 6.77. The number of rotatable bonds is 2. The maximum absolute atomic E-state index is 13.7. The molecule has 1 N–H and O–H groups in total. The van der Waals surface area contributed by atoms with Gasteiger partial charge >= 0.3 is 0 Å². The molecule has 14 heavy (non-hydrogen) atoms. The third kappa shape index (κ3) is 1.33. The largest absolute Gasteiger partial charge is 0.392 e. The molecule has 74 valence electrons. The second-order valence-electron chi connectivity index (χ2n) is 3.17. The number of halogens is 1. The summed E-state index contributed by atoms with van der Waals surface area (Å²) < 4.78 is 14.8. The van der Waals surface area contributed by atoms with Crippen LogP contribution in [0.15, 0.2) is 17.5 Å². The summed E-state index contributed by atoms with van der Waals surface area (Å²) in [5, 5.41) is 11.9. The van der Waals surface area contributed by atoms with Crippen LogP contribution in [-0.4, -0.2) is 5.11 Å². The molecule has 0 unspecified atom stereocenters. The van der Waals surface area contributed by atoms with E-state index in [2.05, 4.69) is 0 Å². The van der Waals surface area contributed by atoms with Crippen LogP contribution in [0.5, 0.6) is 0 Å². The minimum Gasteiger partial charge on any atom is -0.392 e. The van der Waals surface area contributed by atoms with Crippen LogP contribution in [-0.2, 0) is 13.0 Å². The molecule has 1 aromatic heterocycles. The van der Waals surface area contributed by atoms with Crippen molar-refractivity contribution in [3.63, 3.8) is 0 Å². The van der Waals surface area contributed by atoms with Gasteiger partial charge in [-0.2, -0.15) is 0 Å². The van der Waals surface area contributed by atoms with E-state index in [9.17, 15) is 4.39 Å². The Kier molecular flexibility index (Phi) is 2.52. The van der Waals surface area contributed by atoms with E-state index in [-0.39, 0.29) is 12.4 Å². The Morgan fingerprint density at radius 1 is 1.50 bits per heavy atom. The molecule has 0 amide bonds. The van der Waals surface area contributed by atoms with Crippen molar-refractivity contribution >= 4 is 21.4 Å². The number of aryl methyl sites for hydroxylation is 1. The molecule has 0 atom stereocenters. The van der Waals surface area contributed by atoms with Gasteiger partial charge in [0, 0.05) is 10.3 Å². The lowest BCUT2D eigenvalue weighted by Crippen LogP contribution is -1.96. The van der Waals surface area contributed by atoms with E-state index in [1.54, 1.807) is 17.4 Å². The Balaban J connectivity index is 2.80. The summed E-state index contributed by atoms with van der Waals surface area (Å²) in [5.74, 6) is -0.249. The third-order valence-electron chi connectivity index (χ3n) is 2.40. The smallest absolute Gasteiger partial charge is 0.132 e. The molecule has 0 aliphatic rings. The lowest BCUT2D eigenvalue weighted by molar-refractivity contribution is 0.275. The third-order valence-corrected chi connectivity index (χ3v) is 3.26. The zero-order valence-corrected chi connectivity index (χ0v) is 8.70. The fraction of sp³-hybridized carbons (Fsp3) is 0.273. The minimum absolute atomic E-state index is 0.229. The monoisotopic (exact) mass is 210 g/mol. The van der Waals surface area contributed by atoms with Crippen molar-refractivity contribution in [1.29, 1.82) is 0 Å². The van der Waals surface area contributed by atoms with Gasteiger partial charge in [-0.25, -0.2) is 4.39 Å². The summed E-state index contributed by atoms with van der Waals surface area (Å²) in [4.78, 5) is 0. The Morgan fingerprint density at radius 2 is 2.29 bits per heavy atom. The molecular weight excluding hydrogens is 199 g/mol. The number of aliphatic hydroxyl groups excluding tert-OH is 1. The van der Waals surface area contributed by atoms with Gasteiger partial charge in [-0.15, -0.1) is 11.3 Å². The predicted octanol–water partition coefficient (Wildman–Crippen LogP) is 3.10. The highest BCUT2D eigenvalue weighted by Gasteiger charge is 2.11. The van der Waals surface area contributed by atoms with Gasteiger partial charge in [-0.05, 0) is 34.9 Å². The van der Waals surface area contributed by atoms with Crippen LogP contribution in [0.1, 0.15) is 18.1 Å². The van der Waals surface area contributed by atoms with Gasteiger partial charge in [-0.3, -0.25) is 0 Å². The maximum Gasteiger partial charge on any atom is 0.132 e. The second-order valence-corrected chi connectivity index (χ2v) is 4.12. The number of fused-ring (bicyclic) bond motifs is 1. The minimum atomic E-state index is -0.249. The predicted molar refractivity (Wildman–Crippen MR) is 57.1 cm³/mol. The Morgan fingerprint density at radius 3 is 2.93 bits per heavy atom. The van der Waals surface area contributed by atoms with E-state index in [1.807, 2.05) is 18.4 Å². The summed E-state index contributed by atoms with van der Waals surface area (Å²) in [6.45, 7) is 1.70. The van der Waals surface area contributed by atoms with Crippen LogP contribution in [0.2, 0.25) is 0 Å². The molecule has 3 heteroatoms. The van der Waals surface area contributed by atoms with Crippen molar-refractivity contribution in [2.45, 2.75) is 20.0 Å². The van der Waals surface area contributed by atoms with Crippen molar-refractivity contribution in [2.75, 3.05) is 0 Å². The summed E-state index contributed by atoms with van der Waals surface area (Å²) in [5.41, 5.74) is 1.12. The highest BCUT2D eigenvalue weighted by Crippen LogP contribution is 2.29. The standard InChI is InChI=1S/C11H11FOS/c1-2-8-9-3-4-14-10(9)5-7(6-13)11(8)12/h3-5,13H,2,6H2,1H3. The molecule has 0 radical (unpaired) electrons. The van der Waals surface area contributed by atoms with Crippen LogP contribution in [0.25, 0.3) is 10.1 Å². The average molecular weight is 210 g/mol. The first-order valence-corrected chi connectivity index (χ1v) is 5.44. The van der Waals surface area contributed by atoms with E-state index in [1.165, 1.54) is 0 Å². The summed E-state index contributed by atoms with van der Waals surface area (Å²) >= 11 is 1.58. The normalized spacial score (nSPS) is 11.1. The lowest BCUT2D eigenvalue weighted by Gasteiger charge is -2.06. The molecule has 1 aromatic carbocycles. The van der Waals surface area contributed by atoms with E-state index < -0.39 is 0 Å². The quantitative estimate of drug-likeness (QED) is 0.807. The van der Waals surface area contributed by atoms with Crippen molar-refractivity contribution in [2.24, 2.45) is 0 Å². The molecule has 1 heterocycles. The maximum atomic E-state index is 13.7. The highest BCUT2D eigenvalue weighted by molar-refractivity contribution is 7.17. The van der Waals surface area contributed by atoms with Gasteiger partial charge in [-0.1, -0.05) is 6.92 Å². The summed E-state index contributed by atoms with van der Waals surface area (Å²) in [7, 11) is 0. The van der Waals surface area contributed by atoms with E-state index in [0.717, 1.165) is 10.1 Å². The molecule has 0 spiro atoms. The molecule has 2 aromatic rings. The topological polar surface area (TPSA) is 20.2 Å². The van der Waals surface area contributed by atoms with E-state index in [0.29, 0.717) is 17.5 Å². The molecule has 0 saturated heterocycles. The Labute approximate surface area is 85.8 Å². The van der Waals surface area contributed by atoms with Gasteiger partial charge in [0.25, 0.3) is 0 Å². The van der Waals surface area contributed by atoms with Gasteiger partial charge in [0.1, 0.15) is 5.82 Å². The van der Waals surface area contributed by atoms with Crippen molar-refractivity contribution in [1.82, 2.24) is 0 Å².